The van der Waals surface area contributed by atoms with Crippen molar-refractivity contribution in [3.8, 4) is 0 Å². The fourth-order valence-corrected chi connectivity index (χ4v) is 11.5. The molecule has 5 rings (SSSR count). The number of carboxylic acid groups (broad SMARTS) is 1. The van der Waals surface area contributed by atoms with Crippen LogP contribution in [0.5, 0.6) is 0 Å². The molecule has 5 aliphatic rings. The first kappa shape index (κ1) is 33.1. The zero-order chi connectivity index (χ0) is 31.2. The van der Waals surface area contributed by atoms with E-state index in [9.17, 15) is 14.7 Å². The third kappa shape index (κ3) is 4.99. The van der Waals surface area contributed by atoms with Crippen molar-refractivity contribution in [1.82, 2.24) is 9.80 Å². The van der Waals surface area contributed by atoms with Gasteiger partial charge in [-0.3, -0.25) is 4.79 Å². The van der Waals surface area contributed by atoms with Gasteiger partial charge in [0.2, 0.25) is 0 Å². The first-order valence-electron chi connectivity index (χ1n) is 18.0. The van der Waals surface area contributed by atoms with Gasteiger partial charge in [0, 0.05) is 12.0 Å². The van der Waals surface area contributed by atoms with Gasteiger partial charge in [0.1, 0.15) is 11.7 Å². The Hall–Kier alpha value is -1.24. The highest BCUT2D eigenvalue weighted by molar-refractivity contribution is 5.90. The predicted molar refractivity (Wildman–Crippen MR) is 173 cm³/mol. The summed E-state index contributed by atoms with van der Waals surface area (Å²) in [7, 11) is 4.29. The number of hydrogen-bond donors (Lipinski definition) is 1. The Balaban J connectivity index is 1.53. The van der Waals surface area contributed by atoms with Gasteiger partial charge < -0.3 is 24.4 Å². The lowest BCUT2D eigenvalue weighted by Gasteiger charge is -2.60. The van der Waals surface area contributed by atoms with Crippen LogP contribution in [0.25, 0.3) is 0 Å². The molecule has 1 saturated heterocycles. The standard InChI is InChI=1S/C37H62N2O4/c1-8-10-13-27-19-33(43-32(27)23-39(17-11-9-2)18-12-16-38(6)7)36-22-29-26(5)14-15-30(29)35(24-40)21-28(36)20-31(25(3)4)37(35,36)34(41)42/h20,24-30,32-33H,8-19,21-23H2,1-7H3,(H,41,42)/t26-,27?,28?,29-,30-,32?,33?,35?,36?,37?/m1/s1. The van der Waals surface area contributed by atoms with Crippen molar-refractivity contribution in [3.05, 3.63) is 11.6 Å². The number of fused-ring (bicyclic) bond motifs is 2. The van der Waals surface area contributed by atoms with Gasteiger partial charge in [-0.1, -0.05) is 72.0 Å². The number of ether oxygens (including phenoxy) is 1. The van der Waals surface area contributed by atoms with Gasteiger partial charge in [-0.2, -0.15) is 0 Å². The van der Waals surface area contributed by atoms with E-state index in [1.165, 1.54) is 25.5 Å². The van der Waals surface area contributed by atoms with Gasteiger partial charge in [-0.25, -0.2) is 0 Å². The quantitative estimate of drug-likeness (QED) is 0.154. The van der Waals surface area contributed by atoms with Crippen LogP contribution in [0.4, 0.5) is 0 Å². The molecule has 0 aromatic rings. The summed E-state index contributed by atoms with van der Waals surface area (Å²) in [6.07, 6.45) is 15.2. The molecule has 7 unspecified atom stereocenters. The smallest absolute Gasteiger partial charge is 0.315 e. The Kier molecular flexibility index (Phi) is 9.92. The minimum Gasteiger partial charge on any atom is -0.481 e. The van der Waals surface area contributed by atoms with Crippen LogP contribution in [-0.2, 0) is 14.3 Å². The maximum absolute atomic E-state index is 14.0. The van der Waals surface area contributed by atoms with E-state index in [2.05, 4.69) is 64.6 Å². The molecule has 0 aromatic heterocycles. The van der Waals surface area contributed by atoms with E-state index in [0.29, 0.717) is 24.2 Å². The average Bonchev–Trinajstić information content (AvgIpc) is 3.67. The molecule has 0 spiro atoms. The van der Waals surface area contributed by atoms with Gasteiger partial charge in [0.05, 0.1) is 17.6 Å². The number of nitrogens with zero attached hydrogens (tertiary/aromatic N) is 2. The molecule has 244 valence electrons. The predicted octanol–water partition coefficient (Wildman–Crippen LogP) is 6.93. The molecule has 4 fully saturated rings. The van der Waals surface area contributed by atoms with Crippen LogP contribution in [0, 0.1) is 51.8 Å². The van der Waals surface area contributed by atoms with E-state index in [1.54, 1.807) is 0 Å². The summed E-state index contributed by atoms with van der Waals surface area (Å²) in [6.45, 7) is 15.4. The Morgan fingerprint density at radius 2 is 1.81 bits per heavy atom. The molecule has 10 atom stereocenters. The number of rotatable bonds is 16. The first-order valence-corrected chi connectivity index (χ1v) is 18.0. The van der Waals surface area contributed by atoms with Crippen molar-refractivity contribution >= 4 is 12.3 Å². The second-order valence-corrected chi connectivity index (χ2v) is 16.0. The summed E-state index contributed by atoms with van der Waals surface area (Å²) in [4.78, 5) is 32.5. The van der Waals surface area contributed by atoms with Crippen LogP contribution in [0.1, 0.15) is 105 Å². The van der Waals surface area contributed by atoms with Crippen molar-refractivity contribution < 1.29 is 19.4 Å². The highest BCUT2D eigenvalue weighted by Gasteiger charge is 2.86. The minimum atomic E-state index is -1.14. The maximum atomic E-state index is 14.0. The highest BCUT2D eigenvalue weighted by Crippen LogP contribution is 2.84. The monoisotopic (exact) mass is 598 g/mol. The third-order valence-electron chi connectivity index (χ3n) is 13.2. The van der Waals surface area contributed by atoms with E-state index >= 15 is 0 Å². The van der Waals surface area contributed by atoms with Gasteiger partial charge >= 0.3 is 5.97 Å². The lowest BCUT2D eigenvalue weighted by atomic mass is 9.41. The minimum absolute atomic E-state index is 0.102. The zero-order valence-corrected chi connectivity index (χ0v) is 28.4. The largest absolute Gasteiger partial charge is 0.481 e. The topological polar surface area (TPSA) is 70.1 Å². The fourth-order valence-electron chi connectivity index (χ4n) is 11.5. The summed E-state index contributed by atoms with van der Waals surface area (Å²) in [5, 5.41) is 11.5. The van der Waals surface area contributed by atoms with E-state index in [4.69, 9.17) is 4.74 Å². The van der Waals surface area contributed by atoms with Gasteiger partial charge in [-0.15, -0.1) is 0 Å². The van der Waals surface area contributed by atoms with Crippen LogP contribution in [0.15, 0.2) is 11.6 Å². The highest BCUT2D eigenvalue weighted by atomic mass is 16.5. The number of unbranched alkanes of at least 4 members (excludes halogenated alkanes) is 2. The first-order chi connectivity index (χ1) is 20.5. The Morgan fingerprint density at radius 3 is 2.44 bits per heavy atom. The molecule has 6 nitrogen and oxygen atoms in total. The number of allylic oxidation sites excluding steroid dienone is 1. The zero-order valence-electron chi connectivity index (χ0n) is 28.4. The number of aliphatic carboxylic acids is 1. The van der Waals surface area contributed by atoms with Gasteiger partial charge in [0.25, 0.3) is 0 Å². The van der Waals surface area contributed by atoms with Crippen LogP contribution in [-0.4, -0.2) is 79.6 Å². The SMILES string of the molecule is CCCCC1CC(C23C[C@@H]4[C@H](C)CC[C@H]4C4(C=O)CC2C=C(C(C)C)C34C(=O)O)OC1CN(CCCC)CCCN(C)C. The van der Waals surface area contributed by atoms with Crippen LogP contribution >= 0.6 is 0 Å². The molecule has 1 aliphatic heterocycles. The summed E-state index contributed by atoms with van der Waals surface area (Å²) < 4.78 is 7.36. The van der Waals surface area contributed by atoms with Crippen molar-refractivity contribution in [2.24, 2.45) is 51.8 Å². The van der Waals surface area contributed by atoms with Crippen molar-refractivity contribution in [3.63, 3.8) is 0 Å². The molecule has 0 radical (unpaired) electrons. The van der Waals surface area contributed by atoms with E-state index < -0.39 is 22.2 Å². The summed E-state index contributed by atoms with van der Waals surface area (Å²) in [5.41, 5.74) is -1.46. The lowest BCUT2D eigenvalue weighted by Crippen LogP contribution is -2.65. The van der Waals surface area contributed by atoms with Crippen molar-refractivity contribution in [2.45, 2.75) is 117 Å². The third-order valence-corrected chi connectivity index (χ3v) is 13.2. The van der Waals surface area contributed by atoms with E-state index in [0.717, 1.165) is 76.7 Å². The molecule has 43 heavy (non-hydrogen) atoms. The molecule has 0 aromatic carbocycles. The molecular formula is C37H62N2O4. The van der Waals surface area contributed by atoms with Crippen molar-refractivity contribution in [1.29, 1.82) is 0 Å². The summed E-state index contributed by atoms with van der Waals surface area (Å²) >= 11 is 0. The maximum Gasteiger partial charge on any atom is 0.315 e. The number of carboxylic acids is 1. The molecule has 4 aliphatic carbocycles. The Bertz CT molecular complexity index is 1040. The van der Waals surface area contributed by atoms with E-state index in [-0.39, 0.29) is 30.0 Å². The Morgan fingerprint density at radius 1 is 1.09 bits per heavy atom. The number of carbonyl (C=O) groups excluding carboxylic acids is 1. The summed E-state index contributed by atoms with van der Waals surface area (Å²) in [6, 6.07) is 0. The van der Waals surface area contributed by atoms with Crippen LogP contribution in [0.2, 0.25) is 0 Å². The fraction of sp³-hybridized carbons (Fsp3) is 0.892. The molecule has 6 heteroatoms. The second-order valence-electron chi connectivity index (χ2n) is 16.0. The van der Waals surface area contributed by atoms with Crippen molar-refractivity contribution in [2.75, 3.05) is 40.3 Å². The number of aldehydes is 1. The number of carbonyl (C=O) groups is 2. The molecule has 3 saturated carbocycles. The normalized spacial score (nSPS) is 41.4. The van der Waals surface area contributed by atoms with Gasteiger partial charge in [-0.05, 0) is 114 Å². The second kappa shape index (κ2) is 12.9. The van der Waals surface area contributed by atoms with Crippen LogP contribution < -0.4 is 0 Å². The molecule has 4 bridgehead atoms. The summed E-state index contributed by atoms with van der Waals surface area (Å²) in [5.74, 6) is 1.01. The average molecular weight is 599 g/mol. The molecule has 1 heterocycles. The molecule has 1 N–H and O–H groups in total. The Labute approximate surface area is 262 Å². The van der Waals surface area contributed by atoms with Gasteiger partial charge in [0.15, 0.2) is 0 Å². The molecular weight excluding hydrogens is 536 g/mol. The lowest BCUT2D eigenvalue weighted by molar-refractivity contribution is -0.197. The number of hydrogen-bond acceptors (Lipinski definition) is 5. The van der Waals surface area contributed by atoms with E-state index in [1.807, 2.05) is 0 Å². The molecule has 0 amide bonds. The van der Waals surface area contributed by atoms with Crippen LogP contribution in [0.3, 0.4) is 0 Å².